The van der Waals surface area contributed by atoms with Crippen molar-refractivity contribution < 1.29 is 19.1 Å². The van der Waals surface area contributed by atoms with E-state index in [1.54, 1.807) is 26.0 Å². The summed E-state index contributed by atoms with van der Waals surface area (Å²) < 4.78 is 12.8. The number of benzene rings is 1. The Morgan fingerprint density at radius 1 is 1.28 bits per heavy atom. The molecule has 0 bridgehead atoms. The summed E-state index contributed by atoms with van der Waals surface area (Å²) in [6, 6.07) is 5.68. The fourth-order valence-corrected chi connectivity index (χ4v) is 1.50. The van der Waals surface area contributed by atoms with Crippen LogP contribution in [0.3, 0.4) is 0 Å². The summed E-state index contributed by atoms with van der Waals surface area (Å²) >= 11 is 0. The summed E-state index contributed by atoms with van der Waals surface area (Å²) in [6.45, 7) is 3.49. The van der Waals surface area contributed by atoms with Crippen molar-refractivity contribution in [2.24, 2.45) is 0 Å². The lowest BCUT2D eigenvalue weighted by Gasteiger charge is -2.24. The standard InChI is InChI=1S/C13H16FNO3/c1-13(2,9-3-5-10(14)6-4-9)12(18)15-8-7-11(16)17/h3-6H,7-8H2,1-2H3,(H,15,18)(H,16,17). The van der Waals surface area contributed by atoms with E-state index in [4.69, 9.17) is 5.11 Å². The summed E-state index contributed by atoms with van der Waals surface area (Å²) in [7, 11) is 0. The van der Waals surface area contributed by atoms with Gasteiger partial charge in [0.05, 0.1) is 11.8 Å². The van der Waals surface area contributed by atoms with Crippen LogP contribution < -0.4 is 5.32 Å². The Bertz CT molecular complexity index is 440. The topological polar surface area (TPSA) is 66.4 Å². The van der Waals surface area contributed by atoms with Crippen LogP contribution in [-0.2, 0) is 15.0 Å². The molecule has 1 amide bonds. The van der Waals surface area contributed by atoms with Crippen molar-refractivity contribution in [3.63, 3.8) is 0 Å². The smallest absolute Gasteiger partial charge is 0.305 e. The van der Waals surface area contributed by atoms with Gasteiger partial charge in [0.15, 0.2) is 0 Å². The Hall–Kier alpha value is -1.91. The number of rotatable bonds is 5. The molecule has 0 aromatic heterocycles. The van der Waals surface area contributed by atoms with Crippen LogP contribution in [0.15, 0.2) is 24.3 Å². The first kappa shape index (κ1) is 14.2. The van der Waals surface area contributed by atoms with Crippen LogP contribution in [0, 0.1) is 5.82 Å². The van der Waals surface area contributed by atoms with Crippen molar-refractivity contribution in [2.45, 2.75) is 25.7 Å². The molecule has 0 radical (unpaired) electrons. The molecule has 0 aliphatic heterocycles. The number of hydrogen-bond acceptors (Lipinski definition) is 2. The molecule has 0 fully saturated rings. The molecule has 18 heavy (non-hydrogen) atoms. The van der Waals surface area contributed by atoms with Crippen molar-refractivity contribution in [1.82, 2.24) is 5.32 Å². The van der Waals surface area contributed by atoms with Gasteiger partial charge in [0.1, 0.15) is 5.82 Å². The lowest BCUT2D eigenvalue weighted by Crippen LogP contribution is -2.40. The van der Waals surface area contributed by atoms with Crippen molar-refractivity contribution in [3.05, 3.63) is 35.6 Å². The number of carbonyl (C=O) groups excluding carboxylic acids is 1. The van der Waals surface area contributed by atoms with Crippen LogP contribution in [0.25, 0.3) is 0 Å². The zero-order valence-electron chi connectivity index (χ0n) is 10.4. The third-order valence-corrected chi connectivity index (χ3v) is 2.76. The Morgan fingerprint density at radius 3 is 2.33 bits per heavy atom. The lowest BCUT2D eigenvalue weighted by atomic mass is 9.83. The normalized spacial score (nSPS) is 11.1. The number of halogens is 1. The summed E-state index contributed by atoms with van der Waals surface area (Å²) in [6.07, 6.45) is -0.120. The van der Waals surface area contributed by atoms with E-state index >= 15 is 0 Å². The van der Waals surface area contributed by atoms with E-state index in [0.717, 1.165) is 0 Å². The maximum absolute atomic E-state index is 12.8. The number of carboxylic acids is 1. The molecule has 98 valence electrons. The zero-order chi connectivity index (χ0) is 13.8. The molecule has 0 saturated heterocycles. The molecule has 4 nitrogen and oxygen atoms in total. The van der Waals surface area contributed by atoms with Gasteiger partial charge in [0.2, 0.25) is 5.91 Å². The molecule has 0 aliphatic carbocycles. The summed E-state index contributed by atoms with van der Waals surface area (Å²) in [5, 5.41) is 11.0. The Labute approximate surface area is 105 Å². The van der Waals surface area contributed by atoms with Gasteiger partial charge < -0.3 is 10.4 Å². The minimum absolute atomic E-state index is 0.0821. The molecular weight excluding hydrogens is 237 g/mol. The van der Waals surface area contributed by atoms with Gasteiger partial charge in [-0.05, 0) is 31.5 Å². The van der Waals surface area contributed by atoms with E-state index in [9.17, 15) is 14.0 Å². The summed E-state index contributed by atoms with van der Waals surface area (Å²) in [5.41, 5.74) is -0.150. The molecule has 1 aromatic carbocycles. The largest absolute Gasteiger partial charge is 0.481 e. The monoisotopic (exact) mass is 253 g/mol. The molecule has 0 unspecified atom stereocenters. The predicted molar refractivity (Wildman–Crippen MR) is 64.7 cm³/mol. The molecule has 0 spiro atoms. The molecule has 1 rings (SSSR count). The second-order valence-electron chi connectivity index (χ2n) is 4.53. The van der Waals surface area contributed by atoms with E-state index in [-0.39, 0.29) is 24.7 Å². The van der Waals surface area contributed by atoms with E-state index in [1.165, 1.54) is 12.1 Å². The summed E-state index contributed by atoms with van der Waals surface area (Å²) in [5.74, 6) is -1.61. The molecule has 0 saturated carbocycles. The molecule has 1 aromatic rings. The highest BCUT2D eigenvalue weighted by Gasteiger charge is 2.29. The maximum Gasteiger partial charge on any atom is 0.305 e. The van der Waals surface area contributed by atoms with Crippen molar-refractivity contribution in [3.8, 4) is 0 Å². The third-order valence-electron chi connectivity index (χ3n) is 2.76. The highest BCUT2D eigenvalue weighted by atomic mass is 19.1. The van der Waals surface area contributed by atoms with Crippen molar-refractivity contribution >= 4 is 11.9 Å². The molecule has 0 aliphatic rings. The number of aliphatic carboxylic acids is 1. The van der Waals surface area contributed by atoms with Gasteiger partial charge in [-0.25, -0.2) is 4.39 Å². The minimum Gasteiger partial charge on any atom is -0.481 e. The summed E-state index contributed by atoms with van der Waals surface area (Å²) in [4.78, 5) is 22.3. The van der Waals surface area contributed by atoms with Crippen LogP contribution in [0.4, 0.5) is 4.39 Å². The van der Waals surface area contributed by atoms with Crippen molar-refractivity contribution in [2.75, 3.05) is 6.54 Å². The van der Waals surface area contributed by atoms with Crippen LogP contribution in [0.5, 0.6) is 0 Å². The number of carboxylic acid groups (broad SMARTS) is 1. The Morgan fingerprint density at radius 2 is 1.83 bits per heavy atom. The molecular formula is C13H16FNO3. The number of amides is 1. The van der Waals surface area contributed by atoms with Crippen LogP contribution in [-0.4, -0.2) is 23.5 Å². The average Bonchev–Trinajstić information content (AvgIpc) is 2.28. The zero-order valence-corrected chi connectivity index (χ0v) is 10.4. The molecule has 0 heterocycles. The van der Waals surface area contributed by atoms with Gasteiger partial charge in [-0.3, -0.25) is 9.59 Å². The average molecular weight is 253 g/mol. The fourth-order valence-electron chi connectivity index (χ4n) is 1.50. The van der Waals surface area contributed by atoms with Crippen molar-refractivity contribution in [1.29, 1.82) is 0 Å². The maximum atomic E-state index is 12.8. The van der Waals surface area contributed by atoms with Gasteiger partial charge >= 0.3 is 5.97 Å². The van der Waals surface area contributed by atoms with Crippen LogP contribution >= 0.6 is 0 Å². The first-order chi connectivity index (χ1) is 8.34. The number of carbonyl (C=O) groups is 2. The van der Waals surface area contributed by atoms with Gasteiger partial charge in [-0.1, -0.05) is 12.1 Å². The second kappa shape index (κ2) is 5.62. The van der Waals surface area contributed by atoms with Gasteiger partial charge in [0.25, 0.3) is 0 Å². The lowest BCUT2D eigenvalue weighted by molar-refractivity contribution is -0.137. The second-order valence-corrected chi connectivity index (χ2v) is 4.53. The van der Waals surface area contributed by atoms with Crippen LogP contribution in [0.1, 0.15) is 25.8 Å². The van der Waals surface area contributed by atoms with Crippen LogP contribution in [0.2, 0.25) is 0 Å². The first-order valence-corrected chi connectivity index (χ1v) is 5.60. The van der Waals surface area contributed by atoms with E-state index in [1.807, 2.05) is 0 Å². The third kappa shape index (κ3) is 3.55. The van der Waals surface area contributed by atoms with E-state index in [2.05, 4.69) is 5.32 Å². The highest BCUT2D eigenvalue weighted by molar-refractivity contribution is 5.87. The van der Waals surface area contributed by atoms with Gasteiger partial charge in [-0.15, -0.1) is 0 Å². The van der Waals surface area contributed by atoms with Gasteiger partial charge in [0, 0.05) is 6.54 Å². The quantitative estimate of drug-likeness (QED) is 0.839. The van der Waals surface area contributed by atoms with Gasteiger partial charge in [-0.2, -0.15) is 0 Å². The molecule has 0 atom stereocenters. The molecule has 5 heteroatoms. The predicted octanol–water partition coefficient (Wildman–Crippen LogP) is 1.69. The molecule has 2 N–H and O–H groups in total. The Kier molecular flexibility index (Phi) is 4.42. The number of hydrogen-bond donors (Lipinski definition) is 2. The minimum atomic E-state index is -0.963. The van der Waals surface area contributed by atoms with E-state index in [0.29, 0.717) is 5.56 Å². The first-order valence-electron chi connectivity index (χ1n) is 5.60. The SMILES string of the molecule is CC(C)(C(=O)NCCC(=O)O)c1ccc(F)cc1. The number of nitrogens with one attached hydrogen (secondary N) is 1. The highest BCUT2D eigenvalue weighted by Crippen LogP contribution is 2.23. The Balaban J connectivity index is 2.70. The fraction of sp³-hybridized carbons (Fsp3) is 0.385. The van der Waals surface area contributed by atoms with E-state index < -0.39 is 11.4 Å².